The van der Waals surface area contributed by atoms with Crippen LogP contribution in [0.4, 0.5) is 0 Å². The number of hydrogen-bond acceptors (Lipinski definition) is 6. The normalized spacial score (nSPS) is 12.0. The van der Waals surface area contributed by atoms with Crippen molar-refractivity contribution in [2.45, 2.75) is 232 Å². The van der Waals surface area contributed by atoms with E-state index in [-0.39, 0.29) is 31.1 Å². The zero-order valence-corrected chi connectivity index (χ0v) is 32.7. The van der Waals surface area contributed by atoms with E-state index in [0.717, 1.165) is 70.6 Å². The number of carbonyl (C=O) groups is 3. The zero-order chi connectivity index (χ0) is 35.9. The summed E-state index contributed by atoms with van der Waals surface area (Å²) in [6.45, 7) is 6.53. The first-order valence-corrected chi connectivity index (χ1v) is 21.2. The smallest absolute Gasteiger partial charge is 0.306 e. The molecule has 0 amide bonds. The highest BCUT2D eigenvalue weighted by molar-refractivity contribution is 5.71. The van der Waals surface area contributed by atoms with Crippen LogP contribution < -0.4 is 0 Å². The quantitative estimate of drug-likeness (QED) is 0.0277. The molecule has 0 aromatic carbocycles. The highest BCUT2D eigenvalue weighted by atomic mass is 16.6. The average Bonchev–Trinajstić information content (AvgIpc) is 3.09. The fraction of sp³-hybridized carbons (Fsp3) is 0.884. The van der Waals surface area contributed by atoms with Crippen LogP contribution >= 0.6 is 0 Å². The van der Waals surface area contributed by atoms with Crippen LogP contribution in [0.3, 0.4) is 0 Å². The van der Waals surface area contributed by atoms with Crippen molar-refractivity contribution in [3.8, 4) is 0 Å². The van der Waals surface area contributed by atoms with Gasteiger partial charge < -0.3 is 14.2 Å². The van der Waals surface area contributed by atoms with Crippen molar-refractivity contribution in [1.29, 1.82) is 0 Å². The summed E-state index contributed by atoms with van der Waals surface area (Å²) < 4.78 is 16.5. The molecule has 0 fully saturated rings. The van der Waals surface area contributed by atoms with Crippen LogP contribution in [0, 0.1) is 0 Å². The molecule has 0 saturated heterocycles. The fourth-order valence-corrected chi connectivity index (χ4v) is 6.02. The largest absolute Gasteiger partial charge is 0.462 e. The number of ether oxygens (including phenoxy) is 3. The van der Waals surface area contributed by atoms with E-state index < -0.39 is 6.10 Å². The highest BCUT2D eigenvalue weighted by Gasteiger charge is 2.19. The number of allylic oxidation sites excluding steroid dienone is 2. The molecule has 0 aliphatic carbocycles. The third-order valence-corrected chi connectivity index (χ3v) is 9.27. The molecule has 6 nitrogen and oxygen atoms in total. The first-order chi connectivity index (χ1) is 24.0. The predicted molar refractivity (Wildman–Crippen MR) is 206 cm³/mol. The lowest BCUT2D eigenvalue weighted by Crippen LogP contribution is -2.30. The molecule has 0 aromatic heterocycles. The number of esters is 3. The van der Waals surface area contributed by atoms with E-state index in [2.05, 4.69) is 32.9 Å². The molecule has 0 aliphatic heterocycles. The second kappa shape index (κ2) is 38.9. The summed E-state index contributed by atoms with van der Waals surface area (Å²) in [5, 5.41) is 0. The Bertz CT molecular complexity index is 763. The van der Waals surface area contributed by atoms with Crippen LogP contribution in [0.2, 0.25) is 0 Å². The van der Waals surface area contributed by atoms with Gasteiger partial charge in [-0.25, -0.2) is 0 Å². The monoisotopic (exact) mass is 693 g/mol. The molecule has 1 atom stereocenters. The maximum absolute atomic E-state index is 12.5. The van der Waals surface area contributed by atoms with Gasteiger partial charge in [0.15, 0.2) is 6.10 Å². The van der Waals surface area contributed by atoms with E-state index in [9.17, 15) is 14.4 Å². The van der Waals surface area contributed by atoms with Crippen molar-refractivity contribution in [1.82, 2.24) is 0 Å². The van der Waals surface area contributed by atoms with Crippen LogP contribution in [0.25, 0.3) is 0 Å². The number of unbranched alkanes of at least 4 members (excludes halogenated alkanes) is 25. The zero-order valence-electron chi connectivity index (χ0n) is 32.7. The second-order valence-corrected chi connectivity index (χ2v) is 14.3. The van der Waals surface area contributed by atoms with Crippen molar-refractivity contribution >= 4 is 17.9 Å². The SMILES string of the molecule is CCCCCCCC/C=C\CCCCCCCC(=O)OCC(COC(=O)CCCCCCCCCCCCC)OC(=O)CCCCCCC. The van der Waals surface area contributed by atoms with E-state index in [4.69, 9.17) is 14.2 Å². The topological polar surface area (TPSA) is 78.9 Å². The molecule has 0 saturated carbocycles. The summed E-state index contributed by atoms with van der Waals surface area (Å²) >= 11 is 0. The van der Waals surface area contributed by atoms with Crippen molar-refractivity contribution in [2.75, 3.05) is 13.2 Å². The summed E-state index contributed by atoms with van der Waals surface area (Å²) in [6, 6.07) is 0. The molecule has 0 radical (unpaired) electrons. The maximum atomic E-state index is 12.5. The van der Waals surface area contributed by atoms with Gasteiger partial charge in [0.2, 0.25) is 0 Å². The predicted octanol–water partition coefficient (Wildman–Crippen LogP) is 13.1. The van der Waals surface area contributed by atoms with Crippen LogP contribution in [0.5, 0.6) is 0 Å². The van der Waals surface area contributed by atoms with Gasteiger partial charge in [0.25, 0.3) is 0 Å². The Labute approximate surface area is 303 Å². The van der Waals surface area contributed by atoms with Gasteiger partial charge in [-0.05, 0) is 44.9 Å². The number of hydrogen-bond donors (Lipinski definition) is 0. The lowest BCUT2D eigenvalue weighted by atomic mass is 10.1. The second-order valence-electron chi connectivity index (χ2n) is 14.3. The summed E-state index contributed by atoms with van der Waals surface area (Å²) in [4.78, 5) is 37.3. The fourth-order valence-electron chi connectivity index (χ4n) is 6.02. The van der Waals surface area contributed by atoms with Gasteiger partial charge in [0.05, 0.1) is 0 Å². The molecule has 1 unspecified atom stereocenters. The Morgan fingerprint density at radius 3 is 1.02 bits per heavy atom. The summed E-state index contributed by atoms with van der Waals surface area (Å²) in [6.07, 6.45) is 39.4. The standard InChI is InChI=1S/C43H80O6/c1-4-7-10-13-15-17-19-20-21-22-24-26-28-31-33-36-42(45)48-39-40(49-43(46)37-34-29-12-9-6-3)38-47-41(44)35-32-30-27-25-23-18-16-14-11-8-5-2/h20-21,40H,4-19,22-39H2,1-3H3/b21-20-. The molecule has 6 heteroatoms. The highest BCUT2D eigenvalue weighted by Crippen LogP contribution is 2.14. The minimum atomic E-state index is -0.762. The van der Waals surface area contributed by atoms with Crippen LogP contribution in [-0.2, 0) is 28.6 Å². The van der Waals surface area contributed by atoms with Gasteiger partial charge in [-0.2, -0.15) is 0 Å². The summed E-state index contributed by atoms with van der Waals surface area (Å²) in [5.74, 6) is -0.891. The minimum Gasteiger partial charge on any atom is -0.462 e. The van der Waals surface area contributed by atoms with Gasteiger partial charge in [0, 0.05) is 19.3 Å². The van der Waals surface area contributed by atoms with Crippen molar-refractivity contribution in [3.63, 3.8) is 0 Å². The number of carbonyl (C=O) groups excluding carboxylic acids is 3. The summed E-state index contributed by atoms with van der Waals surface area (Å²) in [5.41, 5.74) is 0. The van der Waals surface area contributed by atoms with Crippen molar-refractivity contribution in [3.05, 3.63) is 12.2 Å². The Morgan fingerprint density at radius 2 is 0.673 bits per heavy atom. The lowest BCUT2D eigenvalue weighted by Gasteiger charge is -2.18. The molecular formula is C43H80O6. The number of rotatable bonds is 38. The van der Waals surface area contributed by atoms with Gasteiger partial charge >= 0.3 is 17.9 Å². The molecule has 0 spiro atoms. The van der Waals surface area contributed by atoms with Gasteiger partial charge in [-0.1, -0.05) is 174 Å². The molecule has 0 aliphatic rings. The van der Waals surface area contributed by atoms with Crippen molar-refractivity contribution < 1.29 is 28.6 Å². The average molecular weight is 693 g/mol. The molecule has 288 valence electrons. The van der Waals surface area contributed by atoms with Gasteiger partial charge in [0.1, 0.15) is 13.2 Å². The Morgan fingerprint density at radius 1 is 0.388 bits per heavy atom. The van der Waals surface area contributed by atoms with Crippen molar-refractivity contribution in [2.24, 2.45) is 0 Å². The molecule has 0 rings (SSSR count). The van der Waals surface area contributed by atoms with E-state index in [1.807, 2.05) is 0 Å². The van der Waals surface area contributed by atoms with Crippen LogP contribution in [0.1, 0.15) is 226 Å². The van der Waals surface area contributed by atoms with E-state index >= 15 is 0 Å². The van der Waals surface area contributed by atoms with Gasteiger partial charge in [-0.3, -0.25) is 14.4 Å². The third kappa shape index (κ3) is 37.2. The molecule has 0 aromatic rings. The Balaban J connectivity index is 4.19. The first kappa shape index (κ1) is 47.1. The van der Waals surface area contributed by atoms with Crippen LogP contribution in [-0.4, -0.2) is 37.2 Å². The van der Waals surface area contributed by atoms with Gasteiger partial charge in [-0.15, -0.1) is 0 Å². The Hall–Kier alpha value is -1.85. The maximum Gasteiger partial charge on any atom is 0.306 e. The minimum absolute atomic E-state index is 0.0703. The summed E-state index contributed by atoms with van der Waals surface area (Å²) in [7, 11) is 0. The molecule has 49 heavy (non-hydrogen) atoms. The molecular weight excluding hydrogens is 612 g/mol. The Kier molecular flexibility index (Phi) is 37.5. The van der Waals surface area contributed by atoms with Crippen LogP contribution in [0.15, 0.2) is 12.2 Å². The van der Waals surface area contributed by atoms with E-state index in [1.165, 1.54) is 116 Å². The molecule has 0 N–H and O–H groups in total. The molecule has 0 heterocycles. The molecule has 0 bridgehead atoms. The first-order valence-electron chi connectivity index (χ1n) is 21.2. The lowest BCUT2D eigenvalue weighted by molar-refractivity contribution is -0.167. The van der Waals surface area contributed by atoms with E-state index in [1.54, 1.807) is 0 Å². The van der Waals surface area contributed by atoms with E-state index in [0.29, 0.717) is 19.3 Å². The third-order valence-electron chi connectivity index (χ3n) is 9.27.